The number of nitrogens with zero attached hydrogens (tertiary/aromatic N) is 1. The Kier molecular flexibility index (Phi) is 4.34. The zero-order valence-electron chi connectivity index (χ0n) is 12.3. The van der Waals surface area contributed by atoms with E-state index in [9.17, 15) is 13.5 Å². The number of anilines is 1. The van der Waals surface area contributed by atoms with Crippen molar-refractivity contribution in [1.82, 2.24) is 0 Å². The molecular weight excluding hydrogens is 286 g/mol. The molecule has 0 fully saturated rings. The highest BCUT2D eigenvalue weighted by atomic mass is 32.2. The van der Waals surface area contributed by atoms with E-state index in [0.29, 0.717) is 11.3 Å². The molecule has 1 atom stereocenters. The van der Waals surface area contributed by atoms with E-state index < -0.39 is 16.1 Å². The molecule has 0 bridgehead atoms. The number of aryl methyl sites for hydroxylation is 1. The summed E-state index contributed by atoms with van der Waals surface area (Å²) < 4.78 is 26.7. The van der Waals surface area contributed by atoms with Crippen molar-refractivity contribution in [2.24, 2.45) is 0 Å². The van der Waals surface area contributed by atoms with E-state index in [0.717, 1.165) is 5.56 Å². The van der Waals surface area contributed by atoms with Gasteiger partial charge in [0.1, 0.15) is 0 Å². The van der Waals surface area contributed by atoms with E-state index >= 15 is 0 Å². The summed E-state index contributed by atoms with van der Waals surface area (Å²) >= 11 is 0. The minimum Gasteiger partial charge on any atom is -0.389 e. The van der Waals surface area contributed by atoms with Crippen LogP contribution in [0.5, 0.6) is 0 Å². The maximum Gasteiger partial charge on any atom is 0.264 e. The van der Waals surface area contributed by atoms with Gasteiger partial charge in [-0.1, -0.05) is 30.3 Å². The van der Waals surface area contributed by atoms with Crippen molar-refractivity contribution >= 4 is 15.7 Å². The topological polar surface area (TPSA) is 57.6 Å². The largest absolute Gasteiger partial charge is 0.389 e. The molecule has 5 heteroatoms. The molecule has 2 aromatic carbocycles. The van der Waals surface area contributed by atoms with Crippen molar-refractivity contribution in [3.63, 3.8) is 0 Å². The number of benzene rings is 2. The lowest BCUT2D eigenvalue weighted by Crippen LogP contribution is -2.27. The number of aliphatic hydroxyl groups is 1. The van der Waals surface area contributed by atoms with Gasteiger partial charge in [-0.15, -0.1) is 0 Å². The minimum absolute atomic E-state index is 0.173. The number of hydrogen-bond acceptors (Lipinski definition) is 3. The summed E-state index contributed by atoms with van der Waals surface area (Å²) in [4.78, 5) is 0.173. The summed E-state index contributed by atoms with van der Waals surface area (Å²) in [5.74, 6) is 0. The molecule has 0 amide bonds. The minimum atomic E-state index is -3.65. The SMILES string of the molecule is Cc1ccccc1N(C)S(=O)(=O)c1cccc(C(C)O)c1. The molecular formula is C16H19NO3S. The van der Waals surface area contributed by atoms with Gasteiger partial charge in [0.2, 0.25) is 0 Å². The summed E-state index contributed by atoms with van der Waals surface area (Å²) in [6.45, 7) is 3.48. The highest BCUT2D eigenvalue weighted by molar-refractivity contribution is 7.92. The second kappa shape index (κ2) is 5.87. The highest BCUT2D eigenvalue weighted by Gasteiger charge is 2.22. The van der Waals surface area contributed by atoms with E-state index in [4.69, 9.17) is 0 Å². The standard InChI is InChI=1S/C16H19NO3S/c1-12-7-4-5-10-16(12)17(3)21(19,20)15-9-6-8-14(11-15)13(2)18/h4-11,13,18H,1-3H3. The van der Waals surface area contributed by atoms with Crippen molar-refractivity contribution in [2.45, 2.75) is 24.8 Å². The van der Waals surface area contributed by atoms with Crippen molar-refractivity contribution in [1.29, 1.82) is 0 Å². The number of sulfonamides is 1. The predicted molar refractivity (Wildman–Crippen MR) is 83.8 cm³/mol. The van der Waals surface area contributed by atoms with Crippen LogP contribution in [0.1, 0.15) is 24.2 Å². The van der Waals surface area contributed by atoms with Gasteiger partial charge in [0.15, 0.2) is 0 Å². The van der Waals surface area contributed by atoms with Gasteiger partial charge in [0.25, 0.3) is 10.0 Å². The van der Waals surface area contributed by atoms with Crippen LogP contribution in [0.2, 0.25) is 0 Å². The number of aliphatic hydroxyl groups excluding tert-OH is 1. The van der Waals surface area contributed by atoms with Crippen LogP contribution in [0.15, 0.2) is 53.4 Å². The van der Waals surface area contributed by atoms with E-state index in [1.165, 1.54) is 23.5 Å². The maximum absolute atomic E-state index is 12.7. The Morgan fingerprint density at radius 2 is 1.76 bits per heavy atom. The van der Waals surface area contributed by atoms with Crippen LogP contribution in [-0.2, 0) is 10.0 Å². The first-order valence-corrected chi connectivity index (χ1v) is 8.10. The first-order chi connectivity index (χ1) is 9.84. The third kappa shape index (κ3) is 3.09. The fourth-order valence-electron chi connectivity index (χ4n) is 2.14. The molecule has 2 rings (SSSR count). The Labute approximate surface area is 125 Å². The number of hydrogen-bond donors (Lipinski definition) is 1. The van der Waals surface area contributed by atoms with Crippen molar-refractivity contribution in [3.05, 3.63) is 59.7 Å². The Bertz CT molecular complexity index is 739. The molecule has 0 spiro atoms. The summed E-state index contributed by atoms with van der Waals surface area (Å²) in [6, 6.07) is 13.7. The zero-order valence-corrected chi connectivity index (χ0v) is 13.1. The Balaban J connectivity index is 2.47. The summed E-state index contributed by atoms with van der Waals surface area (Å²) in [6.07, 6.45) is -0.705. The van der Waals surface area contributed by atoms with Gasteiger partial charge in [-0.2, -0.15) is 0 Å². The lowest BCUT2D eigenvalue weighted by Gasteiger charge is -2.21. The van der Waals surface area contributed by atoms with Gasteiger partial charge in [-0.05, 0) is 43.2 Å². The fraction of sp³-hybridized carbons (Fsp3) is 0.250. The van der Waals surface area contributed by atoms with Crippen LogP contribution in [0.25, 0.3) is 0 Å². The van der Waals surface area contributed by atoms with Crippen molar-refractivity contribution in [2.75, 3.05) is 11.4 Å². The summed E-state index contributed by atoms with van der Waals surface area (Å²) in [5.41, 5.74) is 2.10. The molecule has 2 aromatic rings. The lowest BCUT2D eigenvalue weighted by atomic mass is 10.1. The molecule has 0 aliphatic heterocycles. The normalized spacial score (nSPS) is 13.0. The van der Waals surface area contributed by atoms with Crippen molar-refractivity contribution < 1.29 is 13.5 Å². The zero-order chi connectivity index (χ0) is 15.6. The van der Waals surface area contributed by atoms with Gasteiger partial charge in [-0.3, -0.25) is 4.31 Å². The Morgan fingerprint density at radius 1 is 1.10 bits per heavy atom. The van der Waals surface area contributed by atoms with Gasteiger partial charge in [0, 0.05) is 7.05 Å². The van der Waals surface area contributed by atoms with E-state index in [1.807, 2.05) is 19.1 Å². The van der Waals surface area contributed by atoms with E-state index in [-0.39, 0.29) is 4.90 Å². The molecule has 0 aromatic heterocycles. The number of para-hydroxylation sites is 1. The van der Waals surface area contributed by atoms with E-state index in [1.54, 1.807) is 31.2 Å². The number of rotatable bonds is 4. The quantitative estimate of drug-likeness (QED) is 0.945. The molecule has 0 aliphatic carbocycles. The predicted octanol–water partition coefficient (Wildman–Crippen LogP) is 2.87. The van der Waals surface area contributed by atoms with Gasteiger partial charge in [0.05, 0.1) is 16.7 Å². The highest BCUT2D eigenvalue weighted by Crippen LogP contribution is 2.26. The average molecular weight is 305 g/mol. The monoisotopic (exact) mass is 305 g/mol. The smallest absolute Gasteiger partial charge is 0.264 e. The molecule has 1 unspecified atom stereocenters. The molecule has 0 saturated carbocycles. The molecule has 1 N–H and O–H groups in total. The van der Waals surface area contributed by atoms with Crippen LogP contribution in [0.4, 0.5) is 5.69 Å². The Morgan fingerprint density at radius 3 is 2.38 bits per heavy atom. The lowest BCUT2D eigenvalue weighted by molar-refractivity contribution is 0.199. The van der Waals surface area contributed by atoms with Gasteiger partial charge in [-0.25, -0.2) is 8.42 Å². The molecule has 0 aliphatic rings. The second-order valence-electron chi connectivity index (χ2n) is 5.01. The summed E-state index contributed by atoms with van der Waals surface area (Å²) in [5, 5.41) is 9.61. The van der Waals surface area contributed by atoms with Gasteiger partial charge >= 0.3 is 0 Å². The van der Waals surface area contributed by atoms with E-state index in [2.05, 4.69) is 0 Å². The first kappa shape index (κ1) is 15.5. The van der Waals surface area contributed by atoms with Crippen LogP contribution >= 0.6 is 0 Å². The molecule has 112 valence electrons. The summed E-state index contributed by atoms with van der Waals surface area (Å²) in [7, 11) is -2.11. The van der Waals surface area contributed by atoms with Crippen LogP contribution < -0.4 is 4.31 Å². The molecule has 21 heavy (non-hydrogen) atoms. The maximum atomic E-state index is 12.7. The third-order valence-electron chi connectivity index (χ3n) is 3.45. The van der Waals surface area contributed by atoms with Crippen LogP contribution in [0.3, 0.4) is 0 Å². The molecule has 4 nitrogen and oxygen atoms in total. The third-order valence-corrected chi connectivity index (χ3v) is 5.22. The van der Waals surface area contributed by atoms with Crippen LogP contribution in [0, 0.1) is 6.92 Å². The molecule has 0 heterocycles. The first-order valence-electron chi connectivity index (χ1n) is 6.66. The second-order valence-corrected chi connectivity index (χ2v) is 6.98. The molecule has 0 radical (unpaired) electrons. The van der Waals surface area contributed by atoms with Crippen molar-refractivity contribution in [3.8, 4) is 0 Å². The van der Waals surface area contributed by atoms with Gasteiger partial charge < -0.3 is 5.11 Å². The molecule has 0 saturated heterocycles. The average Bonchev–Trinajstić information content (AvgIpc) is 2.47. The fourth-order valence-corrected chi connectivity index (χ4v) is 3.45. The Hall–Kier alpha value is -1.85. The van der Waals surface area contributed by atoms with Crippen LogP contribution in [-0.4, -0.2) is 20.6 Å².